The Labute approximate surface area is 171 Å². The number of anilines is 1. The largest absolute Gasteiger partial charge is 0.369 e. The van der Waals surface area contributed by atoms with Gasteiger partial charge in [-0.15, -0.1) is 0 Å². The topological polar surface area (TPSA) is 65.5 Å². The van der Waals surface area contributed by atoms with Crippen LogP contribution < -0.4 is 5.32 Å². The van der Waals surface area contributed by atoms with Crippen LogP contribution in [0.15, 0.2) is 41.4 Å². The SMILES string of the molecule is O=S(=O)(c1ccc(NCCN2CCc3c(Cl)cccc3C2)nc1)N1CCCC1. The molecule has 0 spiro atoms. The predicted octanol–water partition coefficient (Wildman–Crippen LogP) is 2.99. The standard InChI is InChI=1S/C20H25ClN4O2S/c21-19-5-3-4-16-15-24(12-8-18(16)19)13-9-22-20-7-6-17(14-23-20)28(26,27)25-10-1-2-11-25/h3-7,14H,1-2,8-13,15H2,(H,22,23). The van der Waals surface area contributed by atoms with Crippen LogP contribution in [0.2, 0.25) is 5.02 Å². The number of benzene rings is 1. The summed E-state index contributed by atoms with van der Waals surface area (Å²) in [6, 6.07) is 9.49. The molecule has 4 rings (SSSR count). The first kappa shape index (κ1) is 19.6. The minimum absolute atomic E-state index is 0.268. The van der Waals surface area contributed by atoms with Crippen molar-refractivity contribution in [3.05, 3.63) is 52.7 Å². The van der Waals surface area contributed by atoms with Crippen molar-refractivity contribution in [3.63, 3.8) is 0 Å². The van der Waals surface area contributed by atoms with Crippen LogP contribution in [0.4, 0.5) is 5.82 Å². The van der Waals surface area contributed by atoms with Gasteiger partial charge in [-0.1, -0.05) is 23.7 Å². The highest BCUT2D eigenvalue weighted by Crippen LogP contribution is 2.26. The zero-order chi connectivity index (χ0) is 19.6. The van der Waals surface area contributed by atoms with Gasteiger partial charge in [0.15, 0.2) is 0 Å². The molecule has 3 heterocycles. The van der Waals surface area contributed by atoms with Gasteiger partial charge < -0.3 is 5.32 Å². The average Bonchev–Trinajstić information content (AvgIpc) is 3.24. The van der Waals surface area contributed by atoms with Crippen molar-refractivity contribution in [2.75, 3.05) is 38.0 Å². The fourth-order valence-corrected chi connectivity index (χ4v) is 5.62. The van der Waals surface area contributed by atoms with Crippen molar-refractivity contribution in [3.8, 4) is 0 Å². The minimum Gasteiger partial charge on any atom is -0.369 e. The van der Waals surface area contributed by atoms with E-state index in [2.05, 4.69) is 21.3 Å². The molecule has 2 aliphatic heterocycles. The fourth-order valence-electron chi connectivity index (χ4n) is 3.87. The Morgan fingerprint density at radius 3 is 2.68 bits per heavy atom. The van der Waals surface area contributed by atoms with Crippen LogP contribution in [-0.4, -0.2) is 55.3 Å². The first-order valence-corrected chi connectivity index (χ1v) is 11.5. The molecule has 0 saturated carbocycles. The number of nitrogens with zero attached hydrogens (tertiary/aromatic N) is 3. The summed E-state index contributed by atoms with van der Waals surface area (Å²) in [5, 5.41) is 4.15. The molecule has 1 aromatic carbocycles. The van der Waals surface area contributed by atoms with Crippen molar-refractivity contribution in [1.82, 2.24) is 14.2 Å². The Balaban J connectivity index is 1.30. The third-order valence-corrected chi connectivity index (χ3v) is 7.70. The lowest BCUT2D eigenvalue weighted by Crippen LogP contribution is -2.34. The Bertz CT molecular complexity index is 928. The fraction of sp³-hybridized carbons (Fsp3) is 0.450. The Morgan fingerprint density at radius 2 is 1.93 bits per heavy atom. The summed E-state index contributed by atoms with van der Waals surface area (Å²) in [5.41, 5.74) is 2.57. The zero-order valence-electron chi connectivity index (χ0n) is 15.8. The highest BCUT2D eigenvalue weighted by Gasteiger charge is 2.27. The second-order valence-electron chi connectivity index (χ2n) is 7.32. The van der Waals surface area contributed by atoms with Crippen LogP contribution in [0, 0.1) is 0 Å². The highest BCUT2D eigenvalue weighted by atomic mass is 35.5. The van der Waals surface area contributed by atoms with E-state index in [0.29, 0.717) is 18.9 Å². The Kier molecular flexibility index (Phi) is 5.87. The van der Waals surface area contributed by atoms with Gasteiger partial charge in [-0.3, -0.25) is 4.90 Å². The zero-order valence-corrected chi connectivity index (χ0v) is 17.3. The molecular formula is C20H25ClN4O2S. The second kappa shape index (κ2) is 8.37. The summed E-state index contributed by atoms with van der Waals surface area (Å²) >= 11 is 6.28. The number of rotatable bonds is 6. The summed E-state index contributed by atoms with van der Waals surface area (Å²) in [5.74, 6) is 0.695. The molecule has 0 aliphatic carbocycles. The monoisotopic (exact) mass is 420 g/mol. The number of hydrogen-bond acceptors (Lipinski definition) is 5. The molecule has 2 aliphatic rings. The van der Waals surface area contributed by atoms with Gasteiger partial charge >= 0.3 is 0 Å². The number of aromatic nitrogens is 1. The van der Waals surface area contributed by atoms with E-state index in [0.717, 1.165) is 50.5 Å². The maximum Gasteiger partial charge on any atom is 0.244 e. The maximum absolute atomic E-state index is 12.5. The molecule has 2 aromatic rings. The summed E-state index contributed by atoms with van der Waals surface area (Å²) in [7, 11) is -3.40. The molecule has 1 saturated heterocycles. The van der Waals surface area contributed by atoms with Gasteiger partial charge in [-0.05, 0) is 48.6 Å². The summed E-state index contributed by atoms with van der Waals surface area (Å²) in [6.45, 7) is 4.73. The molecule has 0 atom stereocenters. The number of nitrogens with one attached hydrogen (secondary N) is 1. The van der Waals surface area contributed by atoms with E-state index >= 15 is 0 Å². The van der Waals surface area contributed by atoms with E-state index < -0.39 is 10.0 Å². The van der Waals surface area contributed by atoms with Gasteiger partial charge in [-0.2, -0.15) is 4.31 Å². The molecule has 1 fully saturated rings. The third-order valence-electron chi connectivity index (χ3n) is 5.46. The van der Waals surface area contributed by atoms with Crippen molar-refractivity contribution in [2.24, 2.45) is 0 Å². The molecule has 1 aromatic heterocycles. The molecule has 8 heteroatoms. The van der Waals surface area contributed by atoms with Gasteiger partial charge in [-0.25, -0.2) is 13.4 Å². The van der Waals surface area contributed by atoms with E-state index in [9.17, 15) is 8.42 Å². The first-order chi connectivity index (χ1) is 13.5. The van der Waals surface area contributed by atoms with E-state index in [1.54, 1.807) is 12.1 Å². The van der Waals surface area contributed by atoms with Gasteiger partial charge in [0, 0.05) is 50.5 Å². The molecule has 28 heavy (non-hydrogen) atoms. The average molecular weight is 421 g/mol. The van der Waals surface area contributed by atoms with Crippen LogP contribution in [0.1, 0.15) is 24.0 Å². The molecule has 0 amide bonds. The number of halogens is 1. The number of hydrogen-bond donors (Lipinski definition) is 1. The number of pyridine rings is 1. The van der Waals surface area contributed by atoms with Crippen LogP contribution >= 0.6 is 11.6 Å². The second-order valence-corrected chi connectivity index (χ2v) is 9.67. The first-order valence-electron chi connectivity index (χ1n) is 9.73. The van der Waals surface area contributed by atoms with Crippen molar-refractivity contribution in [2.45, 2.75) is 30.7 Å². The van der Waals surface area contributed by atoms with Crippen LogP contribution in [0.25, 0.3) is 0 Å². The van der Waals surface area contributed by atoms with Gasteiger partial charge in [0.25, 0.3) is 0 Å². The lowest BCUT2D eigenvalue weighted by Gasteiger charge is -2.29. The molecule has 0 bridgehead atoms. The van der Waals surface area contributed by atoms with E-state index in [1.807, 2.05) is 12.1 Å². The molecule has 1 N–H and O–H groups in total. The summed E-state index contributed by atoms with van der Waals surface area (Å²) in [4.78, 5) is 6.95. The predicted molar refractivity (Wildman–Crippen MR) is 111 cm³/mol. The molecule has 150 valence electrons. The lowest BCUT2D eigenvalue weighted by molar-refractivity contribution is 0.264. The Hall–Kier alpha value is -1.67. The van der Waals surface area contributed by atoms with Crippen LogP contribution in [0.5, 0.6) is 0 Å². The van der Waals surface area contributed by atoms with E-state index in [1.165, 1.54) is 21.6 Å². The maximum atomic E-state index is 12.5. The smallest absolute Gasteiger partial charge is 0.244 e. The van der Waals surface area contributed by atoms with Gasteiger partial charge in [0.1, 0.15) is 10.7 Å². The summed E-state index contributed by atoms with van der Waals surface area (Å²) in [6.07, 6.45) is 4.28. The molecule has 0 radical (unpaired) electrons. The Morgan fingerprint density at radius 1 is 1.11 bits per heavy atom. The van der Waals surface area contributed by atoms with E-state index in [-0.39, 0.29) is 4.90 Å². The molecule has 6 nitrogen and oxygen atoms in total. The normalized spacial score (nSPS) is 18.2. The summed E-state index contributed by atoms with van der Waals surface area (Å²) < 4.78 is 26.6. The van der Waals surface area contributed by atoms with Crippen molar-refractivity contribution >= 4 is 27.4 Å². The molecular weight excluding hydrogens is 396 g/mol. The minimum atomic E-state index is -3.40. The quantitative estimate of drug-likeness (QED) is 0.778. The van der Waals surface area contributed by atoms with Gasteiger partial charge in [0.05, 0.1) is 0 Å². The van der Waals surface area contributed by atoms with Crippen LogP contribution in [0.3, 0.4) is 0 Å². The number of fused-ring (bicyclic) bond motifs is 1. The number of sulfonamides is 1. The highest BCUT2D eigenvalue weighted by molar-refractivity contribution is 7.89. The van der Waals surface area contributed by atoms with E-state index in [4.69, 9.17) is 11.6 Å². The third kappa shape index (κ3) is 4.17. The molecule has 0 unspecified atom stereocenters. The lowest BCUT2D eigenvalue weighted by atomic mass is 10.00. The van der Waals surface area contributed by atoms with Crippen LogP contribution in [-0.2, 0) is 23.0 Å². The van der Waals surface area contributed by atoms with Gasteiger partial charge in [0.2, 0.25) is 10.0 Å². The van der Waals surface area contributed by atoms with Crippen molar-refractivity contribution in [1.29, 1.82) is 0 Å². The van der Waals surface area contributed by atoms with Crippen molar-refractivity contribution < 1.29 is 8.42 Å².